The van der Waals surface area contributed by atoms with Crippen LogP contribution in [0.3, 0.4) is 0 Å². The van der Waals surface area contributed by atoms with E-state index in [4.69, 9.17) is 9.97 Å². The summed E-state index contributed by atoms with van der Waals surface area (Å²) in [6.07, 6.45) is 13.2. The second kappa shape index (κ2) is 17.9. The number of allylic oxidation sites excluding steroid dienone is 2. The second-order valence-corrected chi connectivity index (χ2v) is 15.9. The third-order valence-corrected chi connectivity index (χ3v) is 11.6. The fraction of sp³-hybridized carbons (Fsp3) is 0.455. The Labute approximate surface area is 322 Å². The third kappa shape index (κ3) is 9.15. The number of aliphatic hydroxyl groups is 1. The van der Waals surface area contributed by atoms with Crippen LogP contribution in [0.5, 0.6) is 0 Å². The van der Waals surface area contributed by atoms with Gasteiger partial charge in [0.05, 0.1) is 17.3 Å². The van der Waals surface area contributed by atoms with E-state index in [1.54, 1.807) is 17.7 Å². The molecule has 2 aromatic heterocycles. The Balaban J connectivity index is 0.000000312. The minimum Gasteiger partial charge on any atom is -0.512 e. The number of aromatic nitrogens is 2. The summed E-state index contributed by atoms with van der Waals surface area (Å²) in [5.41, 5.74) is 6.19. The van der Waals surface area contributed by atoms with Gasteiger partial charge in [-0.25, -0.2) is 4.98 Å². The Kier molecular flexibility index (Phi) is 14.1. The van der Waals surface area contributed by atoms with Gasteiger partial charge in [-0.3, -0.25) is 9.78 Å². The summed E-state index contributed by atoms with van der Waals surface area (Å²) in [5.74, 6) is 1.23. The van der Waals surface area contributed by atoms with E-state index in [1.807, 2.05) is 39.8 Å². The van der Waals surface area contributed by atoms with Crippen LogP contribution in [0.2, 0.25) is 0 Å². The number of nitrogens with zero attached hydrogens (tertiary/aromatic N) is 3. The standard InChI is InChI=1S/C31H28N3S.C13H24O2.Ir/c1-31(2,3)26-15-23(14-22-13-19(17-32)9-11-24(22)26)28-30-29(34-18-33-28)25-12-10-21(16-27(25)35-30)20-7-5-4-6-8-20;1-5-10(6-2)12(14)9-13(15)11(7-3)8-4;/h9-13,15-16,18,20H,4-8H2,1-3H3;9-11,14H,5-8H2,1-4H3;/q-1;;/b;12-9-;. The van der Waals surface area contributed by atoms with Crippen molar-refractivity contribution >= 4 is 48.2 Å². The van der Waals surface area contributed by atoms with Crippen LogP contribution in [0.4, 0.5) is 0 Å². The number of carbonyl (C=O) groups is 1. The maximum Gasteiger partial charge on any atom is 0.162 e. The van der Waals surface area contributed by atoms with Crippen molar-refractivity contribution in [2.24, 2.45) is 11.8 Å². The molecule has 2 heterocycles. The summed E-state index contributed by atoms with van der Waals surface area (Å²) < 4.78 is 2.39. The molecule has 1 saturated carbocycles. The molecule has 1 radical (unpaired) electrons. The van der Waals surface area contributed by atoms with Gasteiger partial charge in [-0.15, -0.1) is 40.5 Å². The minimum atomic E-state index is -0.0581. The Bertz CT molecular complexity index is 2040. The largest absolute Gasteiger partial charge is 0.512 e. The van der Waals surface area contributed by atoms with E-state index in [2.05, 4.69) is 63.2 Å². The number of benzene rings is 3. The van der Waals surface area contributed by atoms with Crippen LogP contribution in [0.15, 0.2) is 60.6 Å². The van der Waals surface area contributed by atoms with E-state index >= 15 is 0 Å². The Morgan fingerprint density at radius 1 is 0.961 bits per heavy atom. The number of nitriles is 1. The average Bonchev–Trinajstić information content (AvgIpc) is 3.50. The van der Waals surface area contributed by atoms with Crippen LogP contribution in [0.25, 0.3) is 42.3 Å². The quantitative estimate of drug-likeness (QED) is 0.0905. The fourth-order valence-corrected chi connectivity index (χ4v) is 8.56. The number of fused-ring (bicyclic) bond motifs is 4. The molecular weight excluding hydrogens is 827 g/mol. The molecule has 1 aliphatic carbocycles. The number of hydrogen-bond donors (Lipinski definition) is 1. The van der Waals surface area contributed by atoms with Crippen LogP contribution in [-0.4, -0.2) is 20.9 Å². The van der Waals surface area contributed by atoms with Crippen LogP contribution in [-0.2, 0) is 30.3 Å². The van der Waals surface area contributed by atoms with Gasteiger partial charge in [-0.1, -0.05) is 103 Å². The number of ketones is 1. The van der Waals surface area contributed by atoms with Crippen LogP contribution >= 0.6 is 11.3 Å². The molecular formula is C44H52IrN3O2S-. The van der Waals surface area contributed by atoms with Gasteiger partial charge in [0.25, 0.3) is 0 Å². The summed E-state index contributed by atoms with van der Waals surface area (Å²) in [4.78, 5) is 21.2. The zero-order valence-corrected chi connectivity index (χ0v) is 34.4. The van der Waals surface area contributed by atoms with Crippen molar-refractivity contribution in [3.05, 3.63) is 83.4 Å². The first-order chi connectivity index (χ1) is 24.0. The van der Waals surface area contributed by atoms with Gasteiger partial charge in [0.1, 0.15) is 6.33 Å². The molecule has 0 aliphatic heterocycles. The van der Waals surface area contributed by atoms with Gasteiger partial charge in [0, 0.05) is 64.1 Å². The number of hydrogen-bond acceptors (Lipinski definition) is 6. The minimum absolute atomic E-state index is 0. The normalized spacial score (nSPS) is 14.1. The maximum atomic E-state index is 11.7. The van der Waals surface area contributed by atoms with Crippen molar-refractivity contribution in [1.29, 1.82) is 5.26 Å². The molecule has 5 aromatic rings. The summed E-state index contributed by atoms with van der Waals surface area (Å²) in [7, 11) is 0. The zero-order valence-electron chi connectivity index (χ0n) is 31.2. The molecule has 5 nitrogen and oxygen atoms in total. The van der Waals surface area contributed by atoms with E-state index in [0.29, 0.717) is 11.5 Å². The van der Waals surface area contributed by atoms with Crippen LogP contribution < -0.4 is 0 Å². The fourth-order valence-electron chi connectivity index (χ4n) is 7.36. The van der Waals surface area contributed by atoms with E-state index < -0.39 is 0 Å². The van der Waals surface area contributed by atoms with Gasteiger partial charge in [-0.05, 0) is 61.5 Å². The number of rotatable bonds is 9. The number of carbonyl (C=O) groups excluding carboxylic acids is 1. The number of aliphatic hydroxyl groups excluding tert-OH is 1. The van der Waals surface area contributed by atoms with E-state index in [-0.39, 0.29) is 48.9 Å². The monoisotopic (exact) mass is 879 g/mol. The predicted octanol–water partition coefficient (Wildman–Crippen LogP) is 12.5. The van der Waals surface area contributed by atoms with Gasteiger partial charge < -0.3 is 5.11 Å². The van der Waals surface area contributed by atoms with Gasteiger partial charge in [-0.2, -0.15) is 5.26 Å². The van der Waals surface area contributed by atoms with Crippen molar-refractivity contribution in [3.63, 3.8) is 0 Å². The van der Waals surface area contributed by atoms with Crippen LogP contribution in [0, 0.1) is 29.2 Å². The zero-order chi connectivity index (χ0) is 36.0. The summed E-state index contributed by atoms with van der Waals surface area (Å²) in [6.45, 7) is 14.8. The summed E-state index contributed by atoms with van der Waals surface area (Å²) in [5, 5.41) is 22.5. The molecule has 0 saturated heterocycles. The average molecular weight is 879 g/mol. The van der Waals surface area contributed by atoms with Crippen molar-refractivity contribution in [3.8, 4) is 17.3 Å². The molecule has 1 N–H and O–H groups in total. The molecule has 6 rings (SSSR count). The first-order valence-corrected chi connectivity index (χ1v) is 19.4. The van der Waals surface area contributed by atoms with Gasteiger partial charge >= 0.3 is 0 Å². The molecule has 271 valence electrons. The van der Waals surface area contributed by atoms with Gasteiger partial charge in [0.2, 0.25) is 0 Å². The van der Waals surface area contributed by atoms with Crippen molar-refractivity contribution in [2.75, 3.05) is 0 Å². The molecule has 51 heavy (non-hydrogen) atoms. The van der Waals surface area contributed by atoms with Crippen molar-refractivity contribution in [1.82, 2.24) is 9.97 Å². The molecule has 7 heteroatoms. The molecule has 0 unspecified atom stereocenters. The van der Waals surface area contributed by atoms with E-state index in [0.717, 1.165) is 57.9 Å². The van der Waals surface area contributed by atoms with E-state index in [1.165, 1.54) is 59.4 Å². The molecule has 3 aromatic carbocycles. The van der Waals surface area contributed by atoms with Crippen molar-refractivity contribution in [2.45, 2.75) is 118 Å². The smallest absolute Gasteiger partial charge is 0.162 e. The van der Waals surface area contributed by atoms with Crippen LogP contribution in [0.1, 0.15) is 129 Å². The second-order valence-electron chi connectivity index (χ2n) is 14.8. The maximum absolute atomic E-state index is 11.7. The Hall–Kier alpha value is -3.43. The molecule has 0 bridgehead atoms. The molecule has 0 spiro atoms. The molecule has 1 aliphatic rings. The molecule has 0 amide bonds. The number of thiophene rings is 1. The first-order valence-electron chi connectivity index (χ1n) is 18.5. The van der Waals surface area contributed by atoms with E-state index in [9.17, 15) is 15.2 Å². The molecule has 1 fully saturated rings. The predicted molar refractivity (Wildman–Crippen MR) is 210 cm³/mol. The van der Waals surface area contributed by atoms with Crippen molar-refractivity contribution < 1.29 is 30.0 Å². The van der Waals surface area contributed by atoms with Gasteiger partial charge in [0.15, 0.2) is 5.78 Å². The first kappa shape index (κ1) is 40.3. The third-order valence-electron chi connectivity index (χ3n) is 10.5. The topological polar surface area (TPSA) is 86.9 Å². The SMILES string of the molecule is CC(C)(C)c1cc(-c2ncnc3c2sc2cc(C4CCCCC4)ccc23)[c-]c2cc(C#N)ccc12.CCC(CC)C(=O)/C=C(\O)C(CC)CC.[Ir]. The molecule has 0 atom stereocenters. The Morgan fingerprint density at radius 2 is 1.63 bits per heavy atom. The Morgan fingerprint density at radius 3 is 2.25 bits per heavy atom. The summed E-state index contributed by atoms with van der Waals surface area (Å²) >= 11 is 1.79. The summed E-state index contributed by atoms with van der Waals surface area (Å²) in [6, 6.07) is 21.0.